The van der Waals surface area contributed by atoms with E-state index in [1.165, 1.54) is 0 Å². The molecule has 0 heterocycles. The summed E-state index contributed by atoms with van der Waals surface area (Å²) in [5, 5.41) is 3.44. The third kappa shape index (κ3) is 4.41. The Hall–Kier alpha value is -1.76. The van der Waals surface area contributed by atoms with Crippen molar-refractivity contribution in [2.24, 2.45) is 0 Å². The summed E-state index contributed by atoms with van der Waals surface area (Å²) in [6.07, 6.45) is 0. The van der Waals surface area contributed by atoms with Gasteiger partial charge in [-0.3, -0.25) is 4.18 Å². The molecule has 20 heavy (non-hydrogen) atoms. The molecule has 0 atom stereocenters. The highest BCUT2D eigenvalue weighted by atomic mass is 35.5. The molecular formula is C13H12ClNO4S. The van der Waals surface area contributed by atoms with Gasteiger partial charge in [0.25, 0.3) is 11.0 Å². The second-order valence-corrected chi connectivity index (χ2v) is 4.87. The van der Waals surface area contributed by atoms with E-state index in [2.05, 4.69) is 9.50 Å². The molecule has 0 unspecified atom stereocenters. The van der Waals surface area contributed by atoms with Crippen molar-refractivity contribution in [2.45, 2.75) is 0 Å². The number of thiol groups is 1. The van der Waals surface area contributed by atoms with Gasteiger partial charge in [0, 0.05) is 5.02 Å². The van der Waals surface area contributed by atoms with E-state index in [1.54, 1.807) is 42.5 Å². The van der Waals surface area contributed by atoms with Crippen LogP contribution in [0.1, 0.15) is 0 Å². The molecule has 7 heteroatoms. The Morgan fingerprint density at radius 2 is 1.75 bits per heavy atom. The van der Waals surface area contributed by atoms with Gasteiger partial charge in [-0.15, -0.1) is 0 Å². The molecule has 0 bridgehead atoms. The van der Waals surface area contributed by atoms with Crippen LogP contribution in [0.15, 0.2) is 48.5 Å². The molecule has 0 aliphatic heterocycles. The second-order valence-electron chi connectivity index (χ2n) is 3.73. The molecule has 2 rings (SSSR count). The summed E-state index contributed by atoms with van der Waals surface area (Å²) in [5.74, 6) is 1.18. The van der Waals surface area contributed by atoms with Crippen molar-refractivity contribution in [1.82, 2.24) is 0 Å². The lowest BCUT2D eigenvalue weighted by Gasteiger charge is -2.12. The van der Waals surface area contributed by atoms with Crippen molar-refractivity contribution in [1.29, 1.82) is 0 Å². The first kappa shape index (κ1) is 14.6. The number of para-hydroxylation sites is 2. The van der Waals surface area contributed by atoms with Gasteiger partial charge in [0.15, 0.2) is 5.75 Å². The van der Waals surface area contributed by atoms with Gasteiger partial charge < -0.3 is 10.1 Å². The van der Waals surface area contributed by atoms with Crippen LogP contribution >= 0.6 is 11.6 Å². The number of ether oxygens (including phenoxy) is 1. The van der Waals surface area contributed by atoms with Crippen LogP contribution in [0.25, 0.3) is 0 Å². The van der Waals surface area contributed by atoms with Gasteiger partial charge in [0.05, 0.1) is 5.69 Å². The zero-order valence-corrected chi connectivity index (χ0v) is 11.9. The lowest BCUT2D eigenvalue weighted by atomic mass is 10.3. The summed E-state index contributed by atoms with van der Waals surface area (Å²) < 4.78 is 30.8. The molecule has 5 nitrogen and oxygen atoms in total. The first-order valence-electron chi connectivity index (χ1n) is 5.69. The summed E-state index contributed by atoms with van der Waals surface area (Å²) in [7, 11) is -2.88. The molecule has 1 N–H and O–H groups in total. The highest BCUT2D eigenvalue weighted by Gasteiger charge is 2.04. The second kappa shape index (κ2) is 7.14. The van der Waals surface area contributed by atoms with E-state index in [9.17, 15) is 8.42 Å². The minimum absolute atomic E-state index is 0.153. The molecule has 0 fully saturated rings. The fourth-order valence-corrected chi connectivity index (χ4v) is 1.79. The summed E-state index contributed by atoms with van der Waals surface area (Å²) >= 11 is 5.80. The predicted molar refractivity (Wildman–Crippen MR) is 77.9 cm³/mol. The van der Waals surface area contributed by atoms with Crippen molar-refractivity contribution in [3.63, 3.8) is 0 Å². The summed E-state index contributed by atoms with van der Waals surface area (Å²) in [4.78, 5) is 0. The van der Waals surface area contributed by atoms with Gasteiger partial charge in [-0.25, -0.2) is 8.42 Å². The maximum absolute atomic E-state index is 10.3. The highest BCUT2D eigenvalue weighted by Crippen LogP contribution is 2.29. The van der Waals surface area contributed by atoms with E-state index in [0.717, 1.165) is 0 Å². The molecule has 0 aromatic heterocycles. The molecule has 0 radical (unpaired) electrons. The Morgan fingerprint density at radius 1 is 1.05 bits per heavy atom. The Kier molecular flexibility index (Phi) is 5.23. The van der Waals surface area contributed by atoms with E-state index < -0.39 is 11.0 Å². The summed E-state index contributed by atoms with van der Waals surface area (Å²) in [6.45, 7) is -0.153. The topological polar surface area (TPSA) is 64.6 Å². The van der Waals surface area contributed by atoms with Gasteiger partial charge in [-0.05, 0) is 36.4 Å². The molecule has 0 amide bonds. The van der Waals surface area contributed by atoms with Crippen LogP contribution in [0.2, 0.25) is 5.02 Å². The van der Waals surface area contributed by atoms with Crippen LogP contribution < -0.4 is 10.1 Å². The zero-order chi connectivity index (χ0) is 14.4. The Labute approximate surface area is 123 Å². The van der Waals surface area contributed by atoms with Gasteiger partial charge in [-0.2, -0.15) is 0 Å². The number of hydrogen-bond donors (Lipinski definition) is 2. The van der Waals surface area contributed by atoms with Gasteiger partial charge in [0.1, 0.15) is 12.5 Å². The number of rotatable bonds is 6. The number of benzene rings is 2. The lowest BCUT2D eigenvalue weighted by Crippen LogP contribution is -2.05. The molecule has 2 aromatic carbocycles. The number of anilines is 1. The predicted octanol–water partition coefficient (Wildman–Crippen LogP) is 3.04. The summed E-state index contributed by atoms with van der Waals surface area (Å²) in [6, 6.07) is 14.0. The van der Waals surface area contributed by atoms with Gasteiger partial charge in [0.2, 0.25) is 0 Å². The fourth-order valence-electron chi connectivity index (χ4n) is 1.49. The maximum Gasteiger partial charge on any atom is 0.258 e. The number of hydrogen-bond acceptors (Lipinski definition) is 5. The Balaban J connectivity index is 2.09. The van der Waals surface area contributed by atoms with Gasteiger partial charge >= 0.3 is 0 Å². The zero-order valence-electron chi connectivity index (χ0n) is 10.3. The monoisotopic (exact) mass is 313 g/mol. The molecule has 0 spiro atoms. The molecule has 0 aliphatic carbocycles. The Morgan fingerprint density at radius 3 is 2.45 bits per heavy atom. The average Bonchev–Trinajstić information content (AvgIpc) is 2.43. The summed E-state index contributed by atoms with van der Waals surface area (Å²) in [5.41, 5.74) is 0.624. The first-order chi connectivity index (χ1) is 9.65. The van der Waals surface area contributed by atoms with E-state index in [1.807, 2.05) is 6.07 Å². The standard InChI is InChI=1S/C13H12ClNO4S/c14-10-5-7-11(8-6-10)19-13-4-2-1-3-12(13)15-9-18-20(16)17/h1-8,15,20H,9H2. The quantitative estimate of drug-likeness (QED) is 0.634. The highest BCUT2D eigenvalue weighted by molar-refractivity contribution is 7.67. The van der Waals surface area contributed by atoms with Crippen LogP contribution in [0.5, 0.6) is 11.5 Å². The minimum atomic E-state index is -2.88. The third-order valence-corrected chi connectivity index (χ3v) is 2.95. The van der Waals surface area contributed by atoms with Crippen molar-refractivity contribution in [3.05, 3.63) is 53.6 Å². The van der Waals surface area contributed by atoms with Crippen molar-refractivity contribution in [2.75, 3.05) is 12.0 Å². The van der Waals surface area contributed by atoms with Gasteiger partial charge in [-0.1, -0.05) is 23.7 Å². The van der Waals surface area contributed by atoms with E-state index in [4.69, 9.17) is 16.3 Å². The lowest BCUT2D eigenvalue weighted by molar-refractivity contribution is 0.359. The van der Waals surface area contributed by atoms with E-state index in [0.29, 0.717) is 22.2 Å². The van der Waals surface area contributed by atoms with E-state index in [-0.39, 0.29) is 6.73 Å². The normalized spacial score (nSPS) is 10.5. The van der Waals surface area contributed by atoms with E-state index >= 15 is 0 Å². The smallest absolute Gasteiger partial charge is 0.258 e. The molecular weight excluding hydrogens is 302 g/mol. The van der Waals surface area contributed by atoms with Crippen LogP contribution in [-0.2, 0) is 15.2 Å². The number of halogens is 1. The molecule has 106 valence electrons. The minimum Gasteiger partial charge on any atom is -0.455 e. The maximum atomic E-state index is 10.3. The molecule has 0 saturated carbocycles. The fraction of sp³-hybridized carbons (Fsp3) is 0.0769. The van der Waals surface area contributed by atoms with Crippen LogP contribution in [0.3, 0.4) is 0 Å². The van der Waals surface area contributed by atoms with Crippen molar-refractivity contribution >= 4 is 28.3 Å². The van der Waals surface area contributed by atoms with Crippen LogP contribution in [-0.4, -0.2) is 15.1 Å². The van der Waals surface area contributed by atoms with Crippen LogP contribution in [0, 0.1) is 0 Å². The molecule has 2 aromatic rings. The Bertz CT molecular complexity index is 635. The molecule has 0 saturated heterocycles. The third-order valence-electron chi connectivity index (χ3n) is 2.36. The largest absolute Gasteiger partial charge is 0.455 e. The van der Waals surface area contributed by atoms with Crippen molar-refractivity contribution < 1.29 is 17.3 Å². The number of nitrogens with one attached hydrogen (secondary N) is 1. The SMILES string of the molecule is O=[SH](=O)OCNc1ccccc1Oc1ccc(Cl)cc1. The first-order valence-corrected chi connectivity index (χ1v) is 7.16. The average molecular weight is 314 g/mol. The van der Waals surface area contributed by atoms with Crippen LogP contribution in [0.4, 0.5) is 5.69 Å². The van der Waals surface area contributed by atoms with Crippen molar-refractivity contribution in [3.8, 4) is 11.5 Å². The molecule has 0 aliphatic rings.